The van der Waals surface area contributed by atoms with Crippen LogP contribution in [0.5, 0.6) is 0 Å². The second-order valence-corrected chi connectivity index (χ2v) is 12.3. The summed E-state index contributed by atoms with van der Waals surface area (Å²) in [6.07, 6.45) is 4.36. The SMILES string of the molecule is CC(C)(C)OC(=O)NC1=NCC(C)(C)c2ccc(NC(=O)c3cccnc3NC(c3ccncc3)N3CCOCC3)cc21. The van der Waals surface area contributed by atoms with Gasteiger partial charge in [-0.3, -0.25) is 25.0 Å². The number of hydrogen-bond donors (Lipinski definition) is 3. The van der Waals surface area contributed by atoms with Gasteiger partial charge in [0.05, 0.1) is 25.3 Å². The molecule has 0 bridgehead atoms. The first kappa shape index (κ1) is 30.1. The molecule has 0 aliphatic carbocycles. The topological polar surface area (TPSA) is 130 Å². The molecule has 1 aromatic carbocycles. The quantitative estimate of drug-likeness (QED) is 0.379. The van der Waals surface area contributed by atoms with E-state index in [-0.39, 0.29) is 17.5 Å². The van der Waals surface area contributed by atoms with Crippen molar-refractivity contribution >= 4 is 29.3 Å². The van der Waals surface area contributed by atoms with Crippen LogP contribution in [0.1, 0.15) is 67.8 Å². The number of amides is 2. The Morgan fingerprint density at radius 2 is 1.77 bits per heavy atom. The van der Waals surface area contributed by atoms with Crippen molar-refractivity contribution in [1.82, 2.24) is 20.2 Å². The number of benzene rings is 1. The smallest absolute Gasteiger partial charge is 0.413 e. The first-order valence-electron chi connectivity index (χ1n) is 14.4. The highest BCUT2D eigenvalue weighted by Gasteiger charge is 2.31. The molecule has 226 valence electrons. The van der Waals surface area contributed by atoms with Crippen molar-refractivity contribution in [3.8, 4) is 0 Å². The maximum atomic E-state index is 13.7. The normalized spacial score (nSPS) is 17.2. The summed E-state index contributed by atoms with van der Waals surface area (Å²) in [7, 11) is 0. The number of ether oxygens (including phenoxy) is 2. The monoisotopic (exact) mass is 585 g/mol. The van der Waals surface area contributed by atoms with Gasteiger partial charge in [-0.25, -0.2) is 9.78 Å². The highest BCUT2D eigenvalue weighted by atomic mass is 16.6. The highest BCUT2D eigenvalue weighted by molar-refractivity contribution is 6.11. The van der Waals surface area contributed by atoms with E-state index in [0.29, 0.717) is 42.7 Å². The number of aromatic nitrogens is 2. The third kappa shape index (κ3) is 7.36. The van der Waals surface area contributed by atoms with E-state index in [1.165, 1.54) is 0 Å². The van der Waals surface area contributed by atoms with Crippen molar-refractivity contribution in [3.05, 3.63) is 83.3 Å². The Kier molecular flexibility index (Phi) is 8.74. The molecule has 11 nitrogen and oxygen atoms in total. The van der Waals surface area contributed by atoms with Gasteiger partial charge in [0.15, 0.2) is 0 Å². The van der Waals surface area contributed by atoms with Crippen molar-refractivity contribution < 1.29 is 19.1 Å². The number of nitrogens with zero attached hydrogens (tertiary/aromatic N) is 4. The molecule has 11 heteroatoms. The molecule has 2 aliphatic heterocycles. The Bertz CT molecular complexity index is 1500. The Morgan fingerprint density at radius 1 is 1.02 bits per heavy atom. The number of aliphatic imine (C=N–C) groups is 1. The highest BCUT2D eigenvalue weighted by Crippen LogP contribution is 2.33. The van der Waals surface area contributed by atoms with Crippen LogP contribution in [0.3, 0.4) is 0 Å². The van der Waals surface area contributed by atoms with Gasteiger partial charge in [0, 0.05) is 48.3 Å². The lowest BCUT2D eigenvalue weighted by Crippen LogP contribution is -2.42. The van der Waals surface area contributed by atoms with Crippen LogP contribution >= 0.6 is 0 Å². The van der Waals surface area contributed by atoms with Crippen molar-refractivity contribution in [2.45, 2.75) is 51.8 Å². The second kappa shape index (κ2) is 12.5. The molecule has 2 amide bonds. The standard InChI is InChI=1S/C32H39N7O4/c1-31(2,3)43-30(41)38-27-24-19-22(8-9-25(24)32(4,5)20-35-27)36-29(40)23-7-6-12-34-26(23)37-28(21-10-13-33-14-11-21)39-15-17-42-18-16-39/h6-14,19,28H,15-18,20H2,1-5H3,(H,34,37)(H,36,40)(H,35,38,41). The maximum absolute atomic E-state index is 13.7. The zero-order valence-electron chi connectivity index (χ0n) is 25.3. The molecule has 0 spiro atoms. The molecule has 1 unspecified atom stereocenters. The summed E-state index contributed by atoms with van der Waals surface area (Å²) in [5.74, 6) is 0.551. The van der Waals surface area contributed by atoms with E-state index < -0.39 is 11.7 Å². The molecule has 2 aliphatic rings. The molecule has 43 heavy (non-hydrogen) atoms. The van der Waals surface area contributed by atoms with Gasteiger partial charge in [-0.05, 0) is 68.3 Å². The molecule has 3 aromatic rings. The number of morpholine rings is 1. The minimum Gasteiger partial charge on any atom is -0.444 e. The third-order valence-electron chi connectivity index (χ3n) is 7.27. The Morgan fingerprint density at radius 3 is 2.49 bits per heavy atom. The second-order valence-electron chi connectivity index (χ2n) is 12.3. The van der Waals surface area contributed by atoms with Crippen molar-refractivity contribution in [2.24, 2.45) is 4.99 Å². The zero-order valence-corrected chi connectivity index (χ0v) is 25.3. The number of fused-ring (bicyclic) bond motifs is 1. The number of anilines is 2. The number of carbonyl (C=O) groups excluding carboxylic acids is 2. The van der Waals surface area contributed by atoms with Crippen LogP contribution in [-0.4, -0.2) is 71.2 Å². The average molecular weight is 586 g/mol. The maximum Gasteiger partial charge on any atom is 0.413 e. The van der Waals surface area contributed by atoms with Crippen LogP contribution in [-0.2, 0) is 14.9 Å². The number of nitrogens with one attached hydrogen (secondary N) is 3. The fourth-order valence-electron chi connectivity index (χ4n) is 5.16. The van der Waals surface area contributed by atoms with Gasteiger partial charge in [-0.1, -0.05) is 19.9 Å². The molecule has 0 radical (unpaired) electrons. The molecule has 3 N–H and O–H groups in total. The van der Waals surface area contributed by atoms with Crippen LogP contribution in [0.4, 0.5) is 16.3 Å². The van der Waals surface area contributed by atoms with Crippen molar-refractivity contribution in [1.29, 1.82) is 0 Å². The molecule has 0 saturated carbocycles. The first-order valence-corrected chi connectivity index (χ1v) is 14.4. The van der Waals surface area contributed by atoms with E-state index in [1.807, 2.05) is 51.1 Å². The Labute approximate surface area is 252 Å². The zero-order chi connectivity index (χ0) is 30.6. The number of hydrogen-bond acceptors (Lipinski definition) is 9. The summed E-state index contributed by atoms with van der Waals surface area (Å²) in [6, 6.07) is 13.1. The average Bonchev–Trinajstić information content (AvgIpc) is 2.97. The lowest BCUT2D eigenvalue weighted by atomic mass is 9.79. The summed E-state index contributed by atoms with van der Waals surface area (Å²) >= 11 is 0. The predicted molar refractivity (Wildman–Crippen MR) is 165 cm³/mol. The first-order chi connectivity index (χ1) is 20.5. The fraction of sp³-hybridized carbons (Fsp3) is 0.406. The van der Waals surface area contributed by atoms with E-state index >= 15 is 0 Å². The van der Waals surface area contributed by atoms with E-state index in [4.69, 9.17) is 9.47 Å². The van der Waals surface area contributed by atoms with Crippen molar-refractivity contribution in [3.63, 3.8) is 0 Å². The fourth-order valence-corrected chi connectivity index (χ4v) is 5.16. The molecular weight excluding hydrogens is 546 g/mol. The van der Waals surface area contributed by atoms with Gasteiger partial charge in [0.2, 0.25) is 0 Å². The summed E-state index contributed by atoms with van der Waals surface area (Å²) in [5.41, 5.74) is 2.82. The van der Waals surface area contributed by atoms with Gasteiger partial charge in [-0.15, -0.1) is 0 Å². The Balaban J connectivity index is 1.39. The van der Waals surface area contributed by atoms with Gasteiger partial charge in [-0.2, -0.15) is 0 Å². The molecule has 2 aromatic heterocycles. The molecule has 1 saturated heterocycles. The number of alkyl carbamates (subject to hydrolysis) is 1. The van der Waals surface area contributed by atoms with E-state index in [1.54, 1.807) is 30.7 Å². The van der Waals surface area contributed by atoms with Crippen LogP contribution < -0.4 is 16.0 Å². The molecule has 5 rings (SSSR count). The van der Waals surface area contributed by atoms with Crippen LogP contribution in [0, 0.1) is 0 Å². The number of amidine groups is 1. The number of pyridine rings is 2. The number of carbonyl (C=O) groups is 2. The molecule has 4 heterocycles. The van der Waals surface area contributed by atoms with Gasteiger partial charge in [0.25, 0.3) is 5.91 Å². The van der Waals surface area contributed by atoms with E-state index in [2.05, 4.69) is 49.7 Å². The predicted octanol–water partition coefficient (Wildman–Crippen LogP) is 4.73. The lowest BCUT2D eigenvalue weighted by molar-refractivity contribution is 0.0216. The Hall–Kier alpha value is -4.35. The van der Waals surface area contributed by atoms with E-state index in [9.17, 15) is 9.59 Å². The molecule has 1 atom stereocenters. The molecular formula is C32H39N7O4. The summed E-state index contributed by atoms with van der Waals surface area (Å²) in [5, 5.41) is 9.31. The van der Waals surface area contributed by atoms with E-state index in [0.717, 1.165) is 29.8 Å². The summed E-state index contributed by atoms with van der Waals surface area (Å²) < 4.78 is 11.0. The lowest BCUT2D eigenvalue weighted by Gasteiger charge is -2.35. The largest absolute Gasteiger partial charge is 0.444 e. The minimum atomic E-state index is -0.648. The summed E-state index contributed by atoms with van der Waals surface area (Å²) in [4.78, 5) is 41.9. The van der Waals surface area contributed by atoms with Crippen LogP contribution in [0.15, 0.2) is 66.0 Å². The molecule has 1 fully saturated rings. The minimum absolute atomic E-state index is 0.225. The van der Waals surface area contributed by atoms with Crippen LogP contribution in [0.2, 0.25) is 0 Å². The third-order valence-corrected chi connectivity index (χ3v) is 7.27. The van der Waals surface area contributed by atoms with Crippen LogP contribution in [0.25, 0.3) is 0 Å². The van der Waals surface area contributed by atoms with Gasteiger partial charge >= 0.3 is 6.09 Å². The van der Waals surface area contributed by atoms with Gasteiger partial charge in [0.1, 0.15) is 23.4 Å². The van der Waals surface area contributed by atoms with Gasteiger partial charge < -0.3 is 20.1 Å². The summed E-state index contributed by atoms with van der Waals surface area (Å²) in [6.45, 7) is 12.8. The van der Waals surface area contributed by atoms with Crippen molar-refractivity contribution in [2.75, 3.05) is 43.5 Å². The number of rotatable bonds is 6.